The molecule has 0 aliphatic heterocycles. The van der Waals surface area contributed by atoms with E-state index in [0.29, 0.717) is 16.4 Å². The van der Waals surface area contributed by atoms with Crippen molar-refractivity contribution in [3.05, 3.63) is 73.8 Å². The lowest BCUT2D eigenvalue weighted by Gasteiger charge is -2.07. The number of benzene rings is 1. The highest BCUT2D eigenvalue weighted by Crippen LogP contribution is 2.23. The Bertz CT molecular complexity index is 1550. The molecule has 10 nitrogen and oxygen atoms in total. The van der Waals surface area contributed by atoms with E-state index in [-0.39, 0.29) is 34.0 Å². The lowest BCUT2D eigenvalue weighted by Crippen LogP contribution is -2.22. The normalized spacial score (nSPS) is 14.9. The number of carbonyl (C=O) groups excluding carboxylic acids is 1. The third kappa shape index (κ3) is 3.73. The molecule has 32 heavy (non-hydrogen) atoms. The number of H-pyrrole nitrogens is 2. The monoisotopic (exact) mass is 455 g/mol. The fourth-order valence-electron chi connectivity index (χ4n) is 3.12. The van der Waals surface area contributed by atoms with Crippen molar-refractivity contribution in [1.29, 1.82) is 0 Å². The molecule has 3 heterocycles. The number of fused-ring (bicyclic) bond motifs is 1. The molecule has 1 aliphatic carbocycles. The first-order valence-electron chi connectivity index (χ1n) is 9.60. The molecule has 0 saturated heterocycles. The van der Waals surface area contributed by atoms with E-state index in [2.05, 4.69) is 30.4 Å². The third-order valence-corrected chi connectivity index (χ3v) is 5.11. The summed E-state index contributed by atoms with van der Waals surface area (Å²) in [6, 6.07) is 5.82. The summed E-state index contributed by atoms with van der Waals surface area (Å²) < 4.78 is 15.7. The van der Waals surface area contributed by atoms with E-state index < -0.39 is 17.4 Å². The van der Waals surface area contributed by atoms with Crippen molar-refractivity contribution in [3.8, 4) is 5.88 Å². The van der Waals surface area contributed by atoms with Crippen LogP contribution >= 0.6 is 11.6 Å². The van der Waals surface area contributed by atoms with Gasteiger partial charge < -0.3 is 15.4 Å². The van der Waals surface area contributed by atoms with E-state index >= 15 is 0 Å². The zero-order chi connectivity index (χ0) is 22.4. The minimum absolute atomic E-state index is 0.128. The van der Waals surface area contributed by atoms with Crippen LogP contribution in [0.25, 0.3) is 11.7 Å². The highest BCUT2D eigenvalue weighted by atomic mass is 35.5. The van der Waals surface area contributed by atoms with Gasteiger partial charge in [0.25, 0.3) is 5.91 Å². The van der Waals surface area contributed by atoms with E-state index in [1.807, 2.05) is 0 Å². The molecule has 0 unspecified atom stereocenters. The van der Waals surface area contributed by atoms with Gasteiger partial charge >= 0.3 is 5.69 Å². The number of hydrogen-bond donors (Lipinski definition) is 4. The van der Waals surface area contributed by atoms with Crippen LogP contribution in [0.3, 0.4) is 0 Å². The van der Waals surface area contributed by atoms with Gasteiger partial charge in [0.1, 0.15) is 11.5 Å². The first-order chi connectivity index (χ1) is 15.4. The predicted molar refractivity (Wildman–Crippen MR) is 113 cm³/mol. The van der Waals surface area contributed by atoms with Crippen LogP contribution in [-0.2, 0) is 0 Å². The maximum Gasteiger partial charge on any atom is 0.326 e. The number of anilines is 1. The van der Waals surface area contributed by atoms with Crippen LogP contribution in [0, 0.1) is 5.82 Å². The number of aromatic amines is 2. The molecule has 12 heteroatoms. The molecule has 1 aliphatic rings. The fraction of sp³-hybridized carbons (Fsp3) is 0.150. The first-order valence-corrected chi connectivity index (χ1v) is 9.98. The minimum atomic E-state index is -0.833. The average Bonchev–Trinajstić information content (AvgIpc) is 3.38. The molecule has 3 aromatic heterocycles. The summed E-state index contributed by atoms with van der Waals surface area (Å²) in [7, 11) is 0. The van der Waals surface area contributed by atoms with Gasteiger partial charge in [-0.25, -0.2) is 14.2 Å². The molecule has 0 bridgehead atoms. The van der Waals surface area contributed by atoms with Gasteiger partial charge in [0.15, 0.2) is 17.0 Å². The number of aromatic nitrogens is 5. The second kappa shape index (κ2) is 7.61. The van der Waals surface area contributed by atoms with Gasteiger partial charge in [-0.2, -0.15) is 9.61 Å². The number of carbonyl (C=O) groups is 1. The number of amides is 1. The standard InChI is InChI=1S/C20H15ClFN7O3/c21-12-3-1-2-11(16(12)22)18(30)27-14-7-15(24-10-4-5-10)29-17(26-14)9(8-23-29)6-13-19(31)28-20(32)25-13/h1-3,6-8,10,31H,4-5H2,(H,27,30)(H2,25,28,32)/b9-6-,24-15?. The smallest absolute Gasteiger partial charge is 0.326 e. The molecule has 5 rings (SSSR count). The van der Waals surface area contributed by atoms with E-state index in [1.54, 1.807) is 0 Å². The number of nitrogens with one attached hydrogen (secondary N) is 3. The van der Waals surface area contributed by atoms with Crippen molar-refractivity contribution in [1.82, 2.24) is 24.6 Å². The zero-order valence-corrected chi connectivity index (χ0v) is 17.0. The lowest BCUT2D eigenvalue weighted by molar-refractivity contribution is 0.102. The molecule has 0 spiro atoms. The van der Waals surface area contributed by atoms with Crippen molar-refractivity contribution >= 4 is 35.0 Å². The molecule has 1 aromatic carbocycles. The summed E-state index contributed by atoms with van der Waals surface area (Å²) in [6.07, 6.45) is 4.85. The maximum absolute atomic E-state index is 14.3. The second-order valence-electron chi connectivity index (χ2n) is 7.24. The number of hydrogen-bond acceptors (Lipinski definition) is 6. The molecule has 1 fully saturated rings. The van der Waals surface area contributed by atoms with Crippen LogP contribution in [-0.4, -0.2) is 41.6 Å². The summed E-state index contributed by atoms with van der Waals surface area (Å²) in [5.41, 5.74) is 0.109. The van der Waals surface area contributed by atoms with Crippen molar-refractivity contribution in [3.63, 3.8) is 0 Å². The largest absolute Gasteiger partial charge is 0.493 e. The SMILES string of the molecule is O=C(Nc1cc(=NC2CC2)n2nc/c(=C/c3[nH]c(=O)[nH]c3O)c2n1)c1cccc(Cl)c1F. The molecular weight excluding hydrogens is 441 g/mol. The zero-order valence-electron chi connectivity index (χ0n) is 16.3. The van der Waals surface area contributed by atoms with Crippen LogP contribution in [0.5, 0.6) is 5.88 Å². The Morgan fingerprint density at radius 3 is 2.91 bits per heavy atom. The number of rotatable bonds is 4. The Morgan fingerprint density at radius 2 is 2.19 bits per heavy atom. The highest BCUT2D eigenvalue weighted by Gasteiger charge is 2.21. The van der Waals surface area contributed by atoms with E-state index in [4.69, 9.17) is 11.6 Å². The Kier molecular flexibility index (Phi) is 4.74. The predicted octanol–water partition coefficient (Wildman–Crippen LogP) is 1.11. The van der Waals surface area contributed by atoms with Crippen molar-refractivity contribution < 1.29 is 14.3 Å². The summed E-state index contributed by atoms with van der Waals surface area (Å²) >= 11 is 5.78. The molecule has 0 radical (unpaired) electrons. The van der Waals surface area contributed by atoms with Crippen LogP contribution < -0.4 is 21.7 Å². The number of aromatic hydroxyl groups is 1. The summed E-state index contributed by atoms with van der Waals surface area (Å²) in [4.78, 5) is 37.7. The van der Waals surface area contributed by atoms with E-state index in [9.17, 15) is 19.1 Å². The average molecular weight is 456 g/mol. The van der Waals surface area contributed by atoms with Crippen LogP contribution in [0.15, 0.2) is 40.2 Å². The van der Waals surface area contributed by atoms with Gasteiger partial charge in [-0.15, -0.1) is 0 Å². The van der Waals surface area contributed by atoms with Gasteiger partial charge in [0.2, 0.25) is 5.88 Å². The molecule has 1 amide bonds. The van der Waals surface area contributed by atoms with Crippen LogP contribution in [0.2, 0.25) is 5.02 Å². The van der Waals surface area contributed by atoms with Gasteiger partial charge in [0, 0.05) is 11.3 Å². The molecule has 4 aromatic rings. The summed E-state index contributed by atoms with van der Waals surface area (Å²) in [6.45, 7) is 0. The molecule has 162 valence electrons. The molecular formula is C20H15ClFN7O3. The van der Waals surface area contributed by atoms with Gasteiger partial charge in [0.05, 0.1) is 22.8 Å². The Hall–Kier alpha value is -3.99. The lowest BCUT2D eigenvalue weighted by atomic mass is 10.2. The quantitative estimate of drug-likeness (QED) is 0.365. The minimum Gasteiger partial charge on any atom is -0.493 e. The molecule has 4 N–H and O–H groups in total. The van der Waals surface area contributed by atoms with Gasteiger partial charge in [-0.3, -0.25) is 14.8 Å². The third-order valence-electron chi connectivity index (χ3n) is 4.81. The van der Waals surface area contributed by atoms with Crippen molar-refractivity contribution in [2.45, 2.75) is 18.9 Å². The highest BCUT2D eigenvalue weighted by molar-refractivity contribution is 6.31. The Morgan fingerprint density at radius 1 is 1.38 bits per heavy atom. The second-order valence-corrected chi connectivity index (χ2v) is 7.64. The molecule has 0 atom stereocenters. The van der Waals surface area contributed by atoms with Crippen molar-refractivity contribution in [2.24, 2.45) is 4.99 Å². The fourth-order valence-corrected chi connectivity index (χ4v) is 3.30. The first kappa shape index (κ1) is 19.9. The van der Waals surface area contributed by atoms with Gasteiger partial charge in [-0.05, 0) is 31.1 Å². The topological polar surface area (TPSA) is 141 Å². The van der Waals surface area contributed by atoms with Crippen LogP contribution in [0.1, 0.15) is 28.9 Å². The molecule has 1 saturated carbocycles. The number of halogens is 2. The van der Waals surface area contributed by atoms with Gasteiger partial charge in [-0.1, -0.05) is 17.7 Å². The van der Waals surface area contributed by atoms with E-state index in [1.165, 1.54) is 41.1 Å². The Balaban J connectivity index is 1.63. The van der Waals surface area contributed by atoms with E-state index in [0.717, 1.165) is 12.8 Å². The summed E-state index contributed by atoms with van der Waals surface area (Å²) in [5.74, 6) is -1.76. The van der Waals surface area contributed by atoms with Crippen molar-refractivity contribution in [2.75, 3.05) is 5.32 Å². The Labute approximate surface area is 183 Å². The maximum atomic E-state index is 14.3. The number of nitrogens with zero attached hydrogens (tertiary/aromatic N) is 4. The number of imidazole rings is 1. The van der Waals surface area contributed by atoms with Crippen LogP contribution in [0.4, 0.5) is 10.2 Å². The summed E-state index contributed by atoms with van der Waals surface area (Å²) in [5, 5.41) is 17.0.